The smallest absolute Gasteiger partial charge is 0.343 e. The van der Waals surface area contributed by atoms with E-state index < -0.39 is 0 Å². The molecular formula is C14H18N4O3S. The first-order valence-electron chi connectivity index (χ1n) is 6.69. The van der Waals surface area contributed by atoms with Gasteiger partial charge in [-0.25, -0.2) is 9.89 Å². The summed E-state index contributed by atoms with van der Waals surface area (Å²) in [4.78, 5) is 23.3. The summed E-state index contributed by atoms with van der Waals surface area (Å²) in [5, 5.41) is 9.55. The third kappa shape index (κ3) is 3.70. The van der Waals surface area contributed by atoms with Gasteiger partial charge in [-0.05, 0) is 13.0 Å². The first-order chi connectivity index (χ1) is 10.5. The molecule has 0 aliphatic heterocycles. The van der Waals surface area contributed by atoms with Crippen molar-refractivity contribution >= 4 is 17.7 Å². The molecule has 1 aromatic heterocycles. The number of para-hydroxylation sites is 1. The van der Waals surface area contributed by atoms with Crippen LogP contribution in [0.15, 0.2) is 34.2 Å². The van der Waals surface area contributed by atoms with Gasteiger partial charge in [0, 0.05) is 12.6 Å². The molecule has 1 heterocycles. The monoisotopic (exact) mass is 322 g/mol. The molecule has 8 heteroatoms. The number of aromatic nitrogens is 3. The van der Waals surface area contributed by atoms with Gasteiger partial charge in [0.2, 0.25) is 5.91 Å². The minimum Gasteiger partial charge on any atom is -0.496 e. The fourth-order valence-corrected chi connectivity index (χ4v) is 2.71. The molecule has 0 fully saturated rings. The summed E-state index contributed by atoms with van der Waals surface area (Å²) < 4.78 is 6.65. The van der Waals surface area contributed by atoms with Gasteiger partial charge in [0.15, 0.2) is 5.16 Å². The quantitative estimate of drug-likeness (QED) is 0.777. The van der Waals surface area contributed by atoms with E-state index in [0.29, 0.717) is 5.16 Å². The Kier molecular flexibility index (Phi) is 5.26. The first-order valence-corrected chi connectivity index (χ1v) is 7.68. The number of aromatic amines is 1. The maximum absolute atomic E-state index is 12.0. The van der Waals surface area contributed by atoms with Crippen LogP contribution in [0.25, 0.3) is 0 Å². The van der Waals surface area contributed by atoms with E-state index in [9.17, 15) is 9.59 Å². The summed E-state index contributed by atoms with van der Waals surface area (Å²) in [6.45, 7) is 1.89. The molecule has 1 atom stereocenters. The van der Waals surface area contributed by atoms with Gasteiger partial charge in [-0.1, -0.05) is 30.0 Å². The van der Waals surface area contributed by atoms with Crippen molar-refractivity contribution in [3.8, 4) is 5.75 Å². The number of H-pyrrole nitrogens is 1. The number of hydrogen-bond acceptors (Lipinski definition) is 5. The summed E-state index contributed by atoms with van der Waals surface area (Å²) >= 11 is 1.20. The van der Waals surface area contributed by atoms with Gasteiger partial charge in [0.05, 0.1) is 18.9 Å². The molecule has 0 saturated heterocycles. The predicted octanol–water partition coefficient (Wildman–Crippen LogP) is 1.09. The van der Waals surface area contributed by atoms with Crippen LogP contribution in [0.5, 0.6) is 5.75 Å². The summed E-state index contributed by atoms with van der Waals surface area (Å²) in [7, 11) is 3.20. The molecule has 0 aliphatic carbocycles. The highest BCUT2D eigenvalue weighted by molar-refractivity contribution is 7.99. The highest BCUT2D eigenvalue weighted by Crippen LogP contribution is 2.24. The Morgan fingerprint density at radius 2 is 2.23 bits per heavy atom. The molecule has 0 aliphatic rings. The number of carbonyl (C=O) groups is 1. The van der Waals surface area contributed by atoms with Crippen LogP contribution < -0.4 is 15.7 Å². The molecule has 0 bridgehead atoms. The predicted molar refractivity (Wildman–Crippen MR) is 84.1 cm³/mol. The Morgan fingerprint density at radius 1 is 1.50 bits per heavy atom. The van der Waals surface area contributed by atoms with Gasteiger partial charge in [0.1, 0.15) is 5.75 Å². The lowest BCUT2D eigenvalue weighted by atomic mass is 10.1. The van der Waals surface area contributed by atoms with Crippen molar-refractivity contribution < 1.29 is 9.53 Å². The molecule has 2 N–H and O–H groups in total. The molecule has 1 amide bonds. The maximum Gasteiger partial charge on any atom is 0.343 e. The lowest BCUT2D eigenvalue weighted by molar-refractivity contribution is -0.119. The molecular weight excluding hydrogens is 304 g/mol. The largest absolute Gasteiger partial charge is 0.496 e. The number of amides is 1. The Hall–Kier alpha value is -2.22. The van der Waals surface area contributed by atoms with Crippen molar-refractivity contribution in [2.75, 3.05) is 12.9 Å². The molecule has 0 spiro atoms. The van der Waals surface area contributed by atoms with Crippen molar-refractivity contribution in [2.24, 2.45) is 7.05 Å². The second-order valence-corrected chi connectivity index (χ2v) is 5.63. The van der Waals surface area contributed by atoms with Gasteiger partial charge in [-0.3, -0.25) is 9.36 Å². The number of nitrogens with zero attached hydrogens (tertiary/aromatic N) is 2. The van der Waals surface area contributed by atoms with E-state index in [1.54, 1.807) is 14.2 Å². The zero-order valence-corrected chi connectivity index (χ0v) is 13.4. The Bertz CT molecular complexity index is 710. The van der Waals surface area contributed by atoms with Crippen LogP contribution in [-0.2, 0) is 11.8 Å². The van der Waals surface area contributed by atoms with Crippen molar-refractivity contribution in [2.45, 2.75) is 18.1 Å². The van der Waals surface area contributed by atoms with E-state index in [-0.39, 0.29) is 23.4 Å². The minimum atomic E-state index is -0.301. The van der Waals surface area contributed by atoms with Crippen LogP contribution in [0.3, 0.4) is 0 Å². The lowest BCUT2D eigenvalue weighted by Crippen LogP contribution is -2.28. The number of ether oxygens (including phenoxy) is 1. The van der Waals surface area contributed by atoms with E-state index in [2.05, 4.69) is 15.5 Å². The van der Waals surface area contributed by atoms with Gasteiger partial charge < -0.3 is 10.1 Å². The topological polar surface area (TPSA) is 89.0 Å². The number of methoxy groups -OCH3 is 1. The molecule has 22 heavy (non-hydrogen) atoms. The number of thioether (sulfide) groups is 1. The van der Waals surface area contributed by atoms with Crippen LogP contribution in [-0.4, -0.2) is 33.5 Å². The third-order valence-corrected chi connectivity index (χ3v) is 4.18. The molecule has 7 nitrogen and oxygen atoms in total. The summed E-state index contributed by atoms with van der Waals surface area (Å²) in [5.41, 5.74) is 0.612. The minimum absolute atomic E-state index is 0.140. The van der Waals surface area contributed by atoms with Gasteiger partial charge in [-0.15, -0.1) is 5.10 Å². The van der Waals surface area contributed by atoms with Gasteiger partial charge >= 0.3 is 5.69 Å². The number of hydrogen-bond donors (Lipinski definition) is 2. The van der Waals surface area contributed by atoms with E-state index in [1.807, 2.05) is 31.2 Å². The van der Waals surface area contributed by atoms with Crippen LogP contribution in [0.2, 0.25) is 0 Å². The molecule has 0 saturated carbocycles. The van der Waals surface area contributed by atoms with Crippen LogP contribution in [0.4, 0.5) is 0 Å². The number of carbonyl (C=O) groups excluding carboxylic acids is 1. The Morgan fingerprint density at radius 3 is 2.86 bits per heavy atom. The first kappa shape index (κ1) is 16.2. The van der Waals surface area contributed by atoms with Crippen molar-refractivity contribution in [1.29, 1.82) is 0 Å². The molecule has 2 rings (SSSR count). The van der Waals surface area contributed by atoms with Gasteiger partial charge in [-0.2, -0.15) is 0 Å². The SMILES string of the molecule is COc1ccccc1C(C)NC(=O)CSc1n[nH]c(=O)n1C. The normalized spacial score (nSPS) is 12.0. The fraction of sp³-hybridized carbons (Fsp3) is 0.357. The average Bonchev–Trinajstić information content (AvgIpc) is 2.84. The molecule has 118 valence electrons. The van der Waals surface area contributed by atoms with Gasteiger partial charge in [0.25, 0.3) is 0 Å². The summed E-state index contributed by atoms with van der Waals surface area (Å²) in [6.07, 6.45) is 0. The maximum atomic E-state index is 12.0. The third-order valence-electron chi connectivity index (χ3n) is 3.15. The van der Waals surface area contributed by atoms with Crippen LogP contribution >= 0.6 is 11.8 Å². The molecule has 0 radical (unpaired) electrons. The molecule has 1 aromatic carbocycles. The summed E-state index contributed by atoms with van der Waals surface area (Å²) in [5.74, 6) is 0.772. The fourth-order valence-electron chi connectivity index (χ4n) is 1.98. The molecule has 2 aromatic rings. The number of rotatable bonds is 6. The standard InChI is InChI=1S/C14H18N4O3S/c1-9(10-6-4-5-7-11(10)21-3)15-12(19)8-22-14-17-16-13(20)18(14)2/h4-7,9H,8H2,1-3H3,(H,15,19)(H,16,20). The number of benzene rings is 1. The Labute approximate surface area is 132 Å². The van der Waals surface area contributed by atoms with Crippen molar-refractivity contribution in [1.82, 2.24) is 20.1 Å². The van der Waals surface area contributed by atoms with Crippen molar-refractivity contribution in [3.05, 3.63) is 40.3 Å². The lowest BCUT2D eigenvalue weighted by Gasteiger charge is -2.17. The Balaban J connectivity index is 1.94. The van der Waals surface area contributed by atoms with Crippen molar-refractivity contribution in [3.63, 3.8) is 0 Å². The molecule has 1 unspecified atom stereocenters. The second kappa shape index (κ2) is 7.17. The zero-order valence-electron chi connectivity index (χ0n) is 12.6. The van der Waals surface area contributed by atoms with E-state index in [1.165, 1.54) is 16.3 Å². The van der Waals surface area contributed by atoms with E-state index >= 15 is 0 Å². The van der Waals surface area contributed by atoms with Crippen LogP contribution in [0.1, 0.15) is 18.5 Å². The van der Waals surface area contributed by atoms with Crippen LogP contribution in [0, 0.1) is 0 Å². The highest BCUT2D eigenvalue weighted by atomic mass is 32.2. The average molecular weight is 322 g/mol. The zero-order chi connectivity index (χ0) is 16.1. The highest BCUT2D eigenvalue weighted by Gasteiger charge is 2.14. The number of nitrogens with one attached hydrogen (secondary N) is 2. The summed E-state index contributed by atoms with van der Waals surface area (Å²) in [6, 6.07) is 7.37. The van der Waals surface area contributed by atoms with E-state index in [4.69, 9.17) is 4.74 Å². The van der Waals surface area contributed by atoms with E-state index in [0.717, 1.165) is 11.3 Å². The second-order valence-electron chi connectivity index (χ2n) is 4.69.